The van der Waals surface area contributed by atoms with Crippen LogP contribution in [-0.4, -0.2) is 45.1 Å². The first-order valence-electron chi connectivity index (χ1n) is 5.50. The van der Waals surface area contributed by atoms with Crippen molar-refractivity contribution in [2.75, 3.05) is 11.4 Å². The average molecular weight is 227 g/mol. The summed E-state index contributed by atoms with van der Waals surface area (Å²) in [6.07, 6.45) is 0.339. The van der Waals surface area contributed by atoms with Crippen LogP contribution in [0.3, 0.4) is 0 Å². The lowest BCUT2D eigenvalue weighted by Gasteiger charge is -2.42. The number of rotatable bonds is 2. The van der Waals surface area contributed by atoms with Crippen LogP contribution in [0.1, 0.15) is 20.3 Å². The van der Waals surface area contributed by atoms with Gasteiger partial charge in [0.1, 0.15) is 6.10 Å². The highest BCUT2D eigenvalue weighted by Crippen LogP contribution is 2.27. The van der Waals surface area contributed by atoms with Gasteiger partial charge in [0.25, 0.3) is 5.95 Å². The molecule has 1 aliphatic rings. The number of aliphatic hydroxyl groups is 2. The van der Waals surface area contributed by atoms with Gasteiger partial charge in [-0.15, -0.1) is 0 Å². The summed E-state index contributed by atoms with van der Waals surface area (Å²) in [5, 5.41) is 23.4. The van der Waals surface area contributed by atoms with E-state index in [-0.39, 0.29) is 12.0 Å². The Morgan fingerprint density at radius 2 is 2.25 bits per heavy atom. The minimum Gasteiger partial charge on any atom is -0.390 e. The van der Waals surface area contributed by atoms with Crippen molar-refractivity contribution < 1.29 is 14.7 Å². The third-order valence-corrected chi connectivity index (χ3v) is 3.06. The smallest absolute Gasteiger partial charge is 0.266 e. The highest BCUT2D eigenvalue weighted by atomic mass is 16.5. The summed E-state index contributed by atoms with van der Waals surface area (Å²) < 4.78 is 4.71. The molecule has 2 rings (SSSR count). The van der Waals surface area contributed by atoms with E-state index in [4.69, 9.17) is 4.52 Å². The van der Waals surface area contributed by atoms with Crippen LogP contribution in [0.25, 0.3) is 0 Å². The fraction of sp³-hybridized carbons (Fsp3) is 0.800. The first-order valence-corrected chi connectivity index (χ1v) is 5.50. The predicted molar refractivity (Wildman–Crippen MR) is 56.9 cm³/mol. The van der Waals surface area contributed by atoms with Crippen LogP contribution in [-0.2, 0) is 0 Å². The molecule has 2 heterocycles. The zero-order valence-electron chi connectivity index (χ0n) is 9.45. The lowest BCUT2D eigenvalue weighted by Crippen LogP contribution is -2.57. The lowest BCUT2D eigenvalue weighted by molar-refractivity contribution is -0.0260. The van der Waals surface area contributed by atoms with Crippen LogP contribution in [0.5, 0.6) is 0 Å². The van der Waals surface area contributed by atoms with E-state index in [0.717, 1.165) is 0 Å². The van der Waals surface area contributed by atoms with Gasteiger partial charge >= 0.3 is 0 Å². The van der Waals surface area contributed by atoms with Gasteiger partial charge in [-0.05, 0) is 17.5 Å². The van der Waals surface area contributed by atoms with E-state index in [1.165, 1.54) is 6.39 Å². The van der Waals surface area contributed by atoms with E-state index in [2.05, 4.69) is 10.1 Å². The van der Waals surface area contributed by atoms with Crippen molar-refractivity contribution in [3.63, 3.8) is 0 Å². The first-order chi connectivity index (χ1) is 7.61. The van der Waals surface area contributed by atoms with Gasteiger partial charge in [-0.25, -0.2) is 0 Å². The van der Waals surface area contributed by atoms with Crippen molar-refractivity contribution in [1.82, 2.24) is 10.1 Å². The second-order valence-corrected chi connectivity index (χ2v) is 4.51. The molecule has 1 aromatic heterocycles. The van der Waals surface area contributed by atoms with Crippen LogP contribution >= 0.6 is 0 Å². The largest absolute Gasteiger partial charge is 0.390 e. The van der Waals surface area contributed by atoms with Crippen molar-refractivity contribution >= 4 is 5.95 Å². The van der Waals surface area contributed by atoms with Crippen LogP contribution in [0, 0.1) is 5.92 Å². The molecule has 16 heavy (non-hydrogen) atoms. The molecular weight excluding hydrogens is 210 g/mol. The van der Waals surface area contributed by atoms with E-state index in [1.807, 2.05) is 18.7 Å². The highest BCUT2D eigenvalue weighted by molar-refractivity contribution is 5.31. The molecule has 1 saturated heterocycles. The molecule has 90 valence electrons. The monoisotopic (exact) mass is 227 g/mol. The molecule has 0 saturated carbocycles. The third kappa shape index (κ3) is 1.90. The molecule has 1 fully saturated rings. The molecular formula is C10H17N3O3. The Hall–Kier alpha value is -1.14. The highest BCUT2D eigenvalue weighted by Gasteiger charge is 2.39. The van der Waals surface area contributed by atoms with E-state index < -0.39 is 12.2 Å². The second kappa shape index (κ2) is 4.39. The van der Waals surface area contributed by atoms with Crippen molar-refractivity contribution in [3.05, 3.63) is 6.39 Å². The molecule has 0 aromatic carbocycles. The number of hydrogen-bond donors (Lipinski definition) is 2. The third-order valence-electron chi connectivity index (χ3n) is 3.06. The van der Waals surface area contributed by atoms with Crippen molar-refractivity contribution in [3.8, 4) is 0 Å². The molecule has 0 amide bonds. The van der Waals surface area contributed by atoms with Gasteiger partial charge in [-0.2, -0.15) is 4.98 Å². The SMILES string of the molecule is CC(C)C1C(O)C(O)CCN1c1ncon1. The summed E-state index contributed by atoms with van der Waals surface area (Å²) in [4.78, 5) is 5.88. The zero-order chi connectivity index (χ0) is 11.7. The van der Waals surface area contributed by atoms with Crippen molar-refractivity contribution in [2.45, 2.75) is 38.5 Å². The van der Waals surface area contributed by atoms with E-state index in [1.54, 1.807) is 0 Å². The van der Waals surface area contributed by atoms with E-state index in [0.29, 0.717) is 18.9 Å². The summed E-state index contributed by atoms with van der Waals surface area (Å²) in [6.45, 7) is 4.62. The summed E-state index contributed by atoms with van der Waals surface area (Å²) in [7, 11) is 0. The maximum Gasteiger partial charge on any atom is 0.266 e. The molecule has 6 nitrogen and oxygen atoms in total. The van der Waals surface area contributed by atoms with Crippen molar-refractivity contribution in [2.24, 2.45) is 5.92 Å². The molecule has 1 aromatic rings. The number of aromatic nitrogens is 2. The number of aliphatic hydroxyl groups excluding tert-OH is 2. The number of anilines is 1. The predicted octanol–water partition coefficient (Wildman–Crippen LogP) is 0.0261. The molecule has 3 unspecified atom stereocenters. The molecule has 0 spiro atoms. The summed E-state index contributed by atoms with van der Waals surface area (Å²) >= 11 is 0. The quantitative estimate of drug-likeness (QED) is 0.741. The second-order valence-electron chi connectivity index (χ2n) is 4.51. The number of piperidine rings is 1. The summed E-state index contributed by atoms with van der Waals surface area (Å²) in [5.74, 6) is 0.674. The molecule has 2 N–H and O–H groups in total. The van der Waals surface area contributed by atoms with Gasteiger partial charge in [0.2, 0.25) is 6.39 Å². The van der Waals surface area contributed by atoms with Crippen LogP contribution in [0.4, 0.5) is 5.95 Å². The molecule has 1 aliphatic heterocycles. The summed E-state index contributed by atoms with van der Waals surface area (Å²) in [6, 6.07) is -0.179. The Kier molecular flexibility index (Phi) is 3.11. The van der Waals surface area contributed by atoms with Crippen LogP contribution in [0.15, 0.2) is 10.9 Å². The average Bonchev–Trinajstić information content (AvgIpc) is 2.74. The standard InChI is InChI=1S/C10H17N3O3/c1-6(2)8-9(15)7(14)3-4-13(8)10-11-5-16-12-10/h5-9,14-15H,3-4H2,1-2H3. The molecule has 3 atom stereocenters. The Balaban J connectivity index is 2.23. The zero-order valence-corrected chi connectivity index (χ0v) is 9.45. The first kappa shape index (κ1) is 11.3. The van der Waals surface area contributed by atoms with Gasteiger partial charge in [0.15, 0.2) is 0 Å². The Morgan fingerprint density at radius 1 is 1.50 bits per heavy atom. The van der Waals surface area contributed by atoms with Crippen molar-refractivity contribution in [1.29, 1.82) is 0 Å². The lowest BCUT2D eigenvalue weighted by atomic mass is 9.88. The van der Waals surface area contributed by atoms with Gasteiger partial charge in [-0.1, -0.05) is 13.8 Å². The van der Waals surface area contributed by atoms with Gasteiger partial charge < -0.3 is 19.6 Å². The van der Waals surface area contributed by atoms with Gasteiger partial charge in [-0.3, -0.25) is 0 Å². The molecule has 0 aliphatic carbocycles. The molecule has 0 radical (unpaired) electrons. The maximum absolute atomic E-state index is 10.00. The maximum atomic E-state index is 10.00. The minimum absolute atomic E-state index is 0.179. The van der Waals surface area contributed by atoms with Gasteiger partial charge in [0, 0.05) is 6.54 Å². The Labute approximate surface area is 93.9 Å². The Bertz CT molecular complexity index is 328. The molecule has 6 heteroatoms. The van der Waals surface area contributed by atoms with E-state index in [9.17, 15) is 10.2 Å². The van der Waals surface area contributed by atoms with E-state index >= 15 is 0 Å². The normalized spacial score (nSPS) is 31.1. The Morgan fingerprint density at radius 3 is 2.81 bits per heavy atom. The van der Waals surface area contributed by atoms with Crippen LogP contribution in [0.2, 0.25) is 0 Å². The molecule has 0 bridgehead atoms. The topological polar surface area (TPSA) is 82.6 Å². The number of nitrogens with zero attached hydrogens (tertiary/aromatic N) is 3. The van der Waals surface area contributed by atoms with Gasteiger partial charge in [0.05, 0.1) is 12.1 Å². The fourth-order valence-electron chi connectivity index (χ4n) is 2.28. The van der Waals surface area contributed by atoms with Crippen LogP contribution < -0.4 is 4.90 Å². The summed E-state index contributed by atoms with van der Waals surface area (Å²) in [5.41, 5.74) is 0. The minimum atomic E-state index is -0.771. The fourth-order valence-corrected chi connectivity index (χ4v) is 2.28. The number of hydrogen-bond acceptors (Lipinski definition) is 6.